The lowest BCUT2D eigenvalue weighted by Crippen LogP contribution is -2.22. The molecule has 5 nitrogen and oxygen atoms in total. The molecular weight excluding hydrogens is 368 g/mol. The van der Waals surface area contributed by atoms with Crippen LogP contribution >= 0.6 is 15.9 Å². The van der Waals surface area contributed by atoms with Gasteiger partial charge in [0.05, 0.1) is 21.5 Å². The van der Waals surface area contributed by atoms with Gasteiger partial charge in [-0.2, -0.15) is 5.10 Å². The first-order chi connectivity index (χ1) is 11.6. The standard InChI is InChI=1S/C18H17BrN4O/c1-12-17(19)13(2)23(22-12)16-5-3-15(4-6-16)18(24)21-11-14-7-9-20-10-8-14/h3-10H,11H2,1-2H3,(H,21,24). The molecule has 0 saturated carbocycles. The summed E-state index contributed by atoms with van der Waals surface area (Å²) < 4.78 is 2.86. The first-order valence-electron chi connectivity index (χ1n) is 7.55. The van der Waals surface area contributed by atoms with Crippen LogP contribution in [-0.4, -0.2) is 20.7 Å². The predicted octanol–water partition coefficient (Wildman–Crippen LogP) is 3.58. The lowest BCUT2D eigenvalue weighted by Gasteiger charge is -2.07. The van der Waals surface area contributed by atoms with Crippen molar-refractivity contribution < 1.29 is 4.79 Å². The Labute approximate surface area is 148 Å². The SMILES string of the molecule is Cc1nn(-c2ccc(C(=O)NCc3ccncc3)cc2)c(C)c1Br. The normalized spacial score (nSPS) is 10.6. The number of aryl methyl sites for hydroxylation is 1. The van der Waals surface area contributed by atoms with Crippen LogP contribution in [0, 0.1) is 13.8 Å². The number of carbonyl (C=O) groups excluding carboxylic acids is 1. The van der Waals surface area contributed by atoms with E-state index in [1.54, 1.807) is 12.4 Å². The molecule has 1 amide bonds. The Kier molecular flexibility index (Phi) is 4.76. The maximum absolute atomic E-state index is 12.2. The Bertz CT molecular complexity index is 857. The summed E-state index contributed by atoms with van der Waals surface area (Å²) in [7, 11) is 0. The lowest BCUT2D eigenvalue weighted by molar-refractivity contribution is 0.0951. The zero-order valence-corrected chi connectivity index (χ0v) is 15.0. The van der Waals surface area contributed by atoms with Crippen molar-refractivity contribution in [1.82, 2.24) is 20.1 Å². The lowest BCUT2D eigenvalue weighted by atomic mass is 10.2. The number of pyridine rings is 1. The predicted molar refractivity (Wildman–Crippen MR) is 96.1 cm³/mol. The number of aromatic nitrogens is 3. The topological polar surface area (TPSA) is 59.8 Å². The summed E-state index contributed by atoms with van der Waals surface area (Å²) >= 11 is 3.53. The van der Waals surface area contributed by atoms with Crippen molar-refractivity contribution in [2.75, 3.05) is 0 Å². The maximum Gasteiger partial charge on any atom is 0.251 e. The fourth-order valence-electron chi connectivity index (χ4n) is 2.41. The number of carbonyl (C=O) groups is 1. The first kappa shape index (κ1) is 16.4. The Hall–Kier alpha value is -2.47. The van der Waals surface area contributed by atoms with Gasteiger partial charge in [0.25, 0.3) is 5.91 Å². The van der Waals surface area contributed by atoms with E-state index in [0.29, 0.717) is 12.1 Å². The molecule has 0 fully saturated rings. The molecule has 0 aliphatic rings. The van der Waals surface area contributed by atoms with Gasteiger partial charge in [-0.1, -0.05) is 0 Å². The van der Waals surface area contributed by atoms with E-state index >= 15 is 0 Å². The molecule has 0 spiro atoms. The Balaban J connectivity index is 1.72. The molecule has 0 radical (unpaired) electrons. The highest BCUT2D eigenvalue weighted by molar-refractivity contribution is 9.10. The number of halogens is 1. The van der Waals surface area contributed by atoms with Gasteiger partial charge in [-0.25, -0.2) is 4.68 Å². The number of benzene rings is 1. The molecule has 6 heteroatoms. The van der Waals surface area contributed by atoms with Crippen molar-refractivity contribution in [3.8, 4) is 5.69 Å². The Morgan fingerprint density at radius 1 is 1.12 bits per heavy atom. The van der Waals surface area contributed by atoms with Crippen LogP contribution in [0.3, 0.4) is 0 Å². The van der Waals surface area contributed by atoms with E-state index < -0.39 is 0 Å². The average Bonchev–Trinajstić information content (AvgIpc) is 2.88. The third-order valence-electron chi connectivity index (χ3n) is 3.78. The molecule has 3 aromatic rings. The molecule has 0 saturated heterocycles. The second-order valence-electron chi connectivity index (χ2n) is 5.48. The largest absolute Gasteiger partial charge is 0.348 e. The highest BCUT2D eigenvalue weighted by Gasteiger charge is 2.11. The van der Waals surface area contributed by atoms with Gasteiger partial charge >= 0.3 is 0 Å². The van der Waals surface area contributed by atoms with E-state index in [-0.39, 0.29) is 5.91 Å². The van der Waals surface area contributed by atoms with Crippen LogP contribution in [0.15, 0.2) is 53.3 Å². The first-order valence-corrected chi connectivity index (χ1v) is 8.35. The zero-order chi connectivity index (χ0) is 17.1. The van der Waals surface area contributed by atoms with Crippen molar-refractivity contribution in [3.63, 3.8) is 0 Å². The second kappa shape index (κ2) is 6.97. The van der Waals surface area contributed by atoms with Gasteiger partial charge < -0.3 is 5.32 Å². The molecule has 0 aliphatic carbocycles. The van der Waals surface area contributed by atoms with Crippen LogP contribution in [0.5, 0.6) is 0 Å². The van der Waals surface area contributed by atoms with Gasteiger partial charge in [-0.3, -0.25) is 9.78 Å². The van der Waals surface area contributed by atoms with Crippen molar-refractivity contribution >= 4 is 21.8 Å². The third-order valence-corrected chi connectivity index (χ3v) is 4.93. The molecule has 0 unspecified atom stereocenters. The summed E-state index contributed by atoms with van der Waals surface area (Å²) in [6, 6.07) is 11.2. The molecule has 24 heavy (non-hydrogen) atoms. The van der Waals surface area contributed by atoms with E-state index in [2.05, 4.69) is 31.3 Å². The smallest absolute Gasteiger partial charge is 0.251 e. The second-order valence-corrected chi connectivity index (χ2v) is 6.27. The molecule has 122 valence electrons. The summed E-state index contributed by atoms with van der Waals surface area (Å²) in [4.78, 5) is 16.2. The zero-order valence-electron chi connectivity index (χ0n) is 13.5. The minimum Gasteiger partial charge on any atom is -0.348 e. The minimum absolute atomic E-state index is 0.104. The van der Waals surface area contributed by atoms with Gasteiger partial charge in [-0.05, 0) is 71.7 Å². The Morgan fingerprint density at radius 3 is 2.38 bits per heavy atom. The van der Waals surface area contributed by atoms with Crippen LogP contribution in [-0.2, 0) is 6.54 Å². The number of hydrogen-bond acceptors (Lipinski definition) is 3. The highest BCUT2D eigenvalue weighted by atomic mass is 79.9. The molecule has 0 bridgehead atoms. The van der Waals surface area contributed by atoms with E-state index in [1.807, 2.05) is 54.9 Å². The van der Waals surface area contributed by atoms with Crippen LogP contribution in [0.2, 0.25) is 0 Å². The Morgan fingerprint density at radius 2 is 1.79 bits per heavy atom. The fraction of sp³-hybridized carbons (Fsp3) is 0.167. The fourth-order valence-corrected chi connectivity index (χ4v) is 2.66. The van der Waals surface area contributed by atoms with E-state index in [0.717, 1.165) is 27.1 Å². The van der Waals surface area contributed by atoms with E-state index in [1.165, 1.54) is 0 Å². The quantitative estimate of drug-likeness (QED) is 0.747. The van der Waals surface area contributed by atoms with Gasteiger partial charge in [0.2, 0.25) is 0 Å². The van der Waals surface area contributed by atoms with Crippen LogP contribution < -0.4 is 5.32 Å². The summed E-state index contributed by atoms with van der Waals surface area (Å²) in [5.74, 6) is -0.104. The van der Waals surface area contributed by atoms with Crippen molar-refractivity contribution in [2.45, 2.75) is 20.4 Å². The number of hydrogen-bond donors (Lipinski definition) is 1. The monoisotopic (exact) mass is 384 g/mol. The van der Waals surface area contributed by atoms with E-state index in [9.17, 15) is 4.79 Å². The number of nitrogens with one attached hydrogen (secondary N) is 1. The summed E-state index contributed by atoms with van der Waals surface area (Å²) in [6.45, 7) is 4.43. The van der Waals surface area contributed by atoms with Crippen molar-refractivity contribution in [1.29, 1.82) is 0 Å². The number of amides is 1. The molecular formula is C18H17BrN4O. The van der Waals surface area contributed by atoms with Gasteiger partial charge in [0, 0.05) is 24.5 Å². The van der Waals surface area contributed by atoms with Gasteiger partial charge in [0.1, 0.15) is 0 Å². The van der Waals surface area contributed by atoms with Gasteiger partial charge in [0.15, 0.2) is 0 Å². The minimum atomic E-state index is -0.104. The van der Waals surface area contributed by atoms with Crippen molar-refractivity contribution in [3.05, 3.63) is 75.8 Å². The molecule has 0 aliphatic heterocycles. The average molecular weight is 385 g/mol. The molecule has 1 N–H and O–H groups in total. The van der Waals surface area contributed by atoms with Gasteiger partial charge in [-0.15, -0.1) is 0 Å². The summed E-state index contributed by atoms with van der Waals surface area (Å²) in [6.07, 6.45) is 3.42. The summed E-state index contributed by atoms with van der Waals surface area (Å²) in [5, 5.41) is 7.40. The van der Waals surface area contributed by atoms with Crippen LogP contribution in [0.4, 0.5) is 0 Å². The molecule has 1 aromatic carbocycles. The van der Waals surface area contributed by atoms with E-state index in [4.69, 9.17) is 0 Å². The maximum atomic E-state index is 12.2. The number of rotatable bonds is 4. The summed E-state index contributed by atoms with van der Waals surface area (Å²) in [5.41, 5.74) is 4.52. The molecule has 2 heterocycles. The van der Waals surface area contributed by atoms with Crippen molar-refractivity contribution in [2.24, 2.45) is 0 Å². The van der Waals surface area contributed by atoms with Crippen LogP contribution in [0.1, 0.15) is 27.3 Å². The number of nitrogens with zero attached hydrogens (tertiary/aromatic N) is 3. The molecule has 2 aromatic heterocycles. The van der Waals surface area contributed by atoms with Crippen LogP contribution in [0.25, 0.3) is 5.69 Å². The molecule has 0 atom stereocenters. The highest BCUT2D eigenvalue weighted by Crippen LogP contribution is 2.23. The third kappa shape index (κ3) is 3.38. The molecule has 3 rings (SSSR count).